The minimum Gasteiger partial charge on any atom is -0.469 e. The zero-order valence-electron chi connectivity index (χ0n) is 13.1. The molecule has 0 saturated carbocycles. The molecule has 3 nitrogen and oxygen atoms in total. The van der Waals surface area contributed by atoms with Gasteiger partial charge in [-0.05, 0) is 36.3 Å². The Hall–Kier alpha value is -1.35. The molecule has 114 valence electrons. The van der Waals surface area contributed by atoms with Crippen LogP contribution in [0.2, 0.25) is 0 Å². The number of ether oxygens (including phenoxy) is 1. The van der Waals surface area contributed by atoms with E-state index in [9.17, 15) is 4.79 Å². The van der Waals surface area contributed by atoms with Crippen molar-refractivity contribution in [2.24, 2.45) is 5.92 Å². The quantitative estimate of drug-likeness (QED) is 0.868. The van der Waals surface area contributed by atoms with E-state index in [1.807, 2.05) is 0 Å². The monoisotopic (exact) mass is 287 g/mol. The van der Waals surface area contributed by atoms with Crippen LogP contribution in [-0.4, -0.2) is 25.2 Å². The average molecular weight is 287 g/mol. The summed E-state index contributed by atoms with van der Waals surface area (Å²) in [4.78, 5) is 12.3. The van der Waals surface area contributed by atoms with E-state index < -0.39 is 0 Å². The molecule has 3 rings (SSSR count). The molecule has 0 aliphatic carbocycles. The number of piperidine rings is 1. The van der Waals surface area contributed by atoms with Crippen molar-refractivity contribution >= 4 is 5.97 Å². The van der Waals surface area contributed by atoms with Gasteiger partial charge in [-0.3, -0.25) is 4.79 Å². The van der Waals surface area contributed by atoms with Gasteiger partial charge in [0.2, 0.25) is 0 Å². The number of hydrogen-bond acceptors (Lipinski definition) is 3. The third kappa shape index (κ3) is 2.71. The Balaban J connectivity index is 1.89. The van der Waals surface area contributed by atoms with E-state index in [0.29, 0.717) is 12.0 Å². The lowest BCUT2D eigenvalue weighted by atomic mass is 9.76. The van der Waals surface area contributed by atoms with Crippen LogP contribution < -0.4 is 5.32 Å². The van der Waals surface area contributed by atoms with E-state index in [1.165, 1.54) is 24.7 Å². The highest BCUT2D eigenvalue weighted by molar-refractivity contribution is 5.75. The van der Waals surface area contributed by atoms with E-state index in [1.54, 1.807) is 0 Å². The molecule has 2 heterocycles. The second-order valence-electron chi connectivity index (χ2n) is 6.76. The van der Waals surface area contributed by atoms with Gasteiger partial charge in [-0.25, -0.2) is 0 Å². The molecule has 1 aromatic rings. The summed E-state index contributed by atoms with van der Waals surface area (Å²) in [5.74, 6) is 0.724. The summed E-state index contributed by atoms with van der Waals surface area (Å²) in [6.45, 7) is 4.41. The van der Waals surface area contributed by atoms with E-state index in [0.717, 1.165) is 12.8 Å². The number of nitrogens with one attached hydrogen (secondary N) is 1. The fraction of sp³-hybridized carbons (Fsp3) is 0.611. The number of carbonyl (C=O) groups is 1. The standard InChI is InChI=1S/C18H25NO2/c1-11(2)12-4-6-13(7-5-12)15-10-14-8-9-16(19-14)17(15)18(20)21-3/h4-7,11,14-17,19H,8-10H2,1-3H3/t14-,15?,16-,17?/m1/s1. The van der Waals surface area contributed by atoms with Gasteiger partial charge in [-0.2, -0.15) is 0 Å². The van der Waals surface area contributed by atoms with Crippen molar-refractivity contribution in [2.75, 3.05) is 7.11 Å². The van der Waals surface area contributed by atoms with Crippen LogP contribution in [0.5, 0.6) is 0 Å². The van der Waals surface area contributed by atoms with Crippen LogP contribution in [0.4, 0.5) is 0 Å². The molecule has 2 saturated heterocycles. The Bertz CT molecular complexity index is 508. The highest BCUT2D eigenvalue weighted by Crippen LogP contribution is 2.42. The summed E-state index contributed by atoms with van der Waals surface area (Å²) in [5, 5.41) is 3.58. The maximum Gasteiger partial charge on any atom is 0.310 e. The molecule has 0 radical (unpaired) electrons. The first kappa shape index (κ1) is 14.6. The van der Waals surface area contributed by atoms with Gasteiger partial charge < -0.3 is 10.1 Å². The summed E-state index contributed by atoms with van der Waals surface area (Å²) >= 11 is 0. The van der Waals surface area contributed by atoms with E-state index in [4.69, 9.17) is 4.74 Å². The fourth-order valence-corrected chi connectivity index (χ4v) is 3.99. The summed E-state index contributed by atoms with van der Waals surface area (Å²) < 4.78 is 5.08. The molecule has 2 aliphatic heterocycles. The second kappa shape index (κ2) is 5.80. The van der Waals surface area contributed by atoms with Gasteiger partial charge in [0.1, 0.15) is 0 Å². The lowest BCUT2D eigenvalue weighted by Crippen LogP contribution is -2.48. The van der Waals surface area contributed by atoms with Gasteiger partial charge >= 0.3 is 5.97 Å². The maximum atomic E-state index is 12.3. The lowest BCUT2D eigenvalue weighted by molar-refractivity contribution is -0.148. The predicted molar refractivity (Wildman–Crippen MR) is 83.3 cm³/mol. The Kier molecular flexibility index (Phi) is 4.03. The molecule has 2 fully saturated rings. The Morgan fingerprint density at radius 2 is 1.95 bits per heavy atom. The molecule has 0 amide bonds. The first-order chi connectivity index (χ1) is 10.1. The largest absolute Gasteiger partial charge is 0.469 e. The number of esters is 1. The highest BCUT2D eigenvalue weighted by atomic mass is 16.5. The summed E-state index contributed by atoms with van der Waals surface area (Å²) in [5.41, 5.74) is 2.64. The minimum absolute atomic E-state index is 0.0429. The zero-order valence-corrected chi connectivity index (χ0v) is 13.1. The first-order valence-electron chi connectivity index (χ1n) is 8.04. The zero-order chi connectivity index (χ0) is 15.0. The predicted octanol–water partition coefficient (Wildman–Crippen LogP) is 3.21. The molecule has 0 aromatic heterocycles. The normalized spacial score (nSPS) is 31.4. The third-order valence-corrected chi connectivity index (χ3v) is 5.19. The van der Waals surface area contributed by atoms with E-state index in [-0.39, 0.29) is 23.8 Å². The molecular formula is C18H25NO2. The number of carbonyl (C=O) groups excluding carboxylic acids is 1. The number of benzene rings is 1. The maximum absolute atomic E-state index is 12.3. The lowest BCUT2D eigenvalue weighted by Gasteiger charge is -2.36. The van der Waals surface area contributed by atoms with Crippen molar-refractivity contribution in [3.8, 4) is 0 Å². The van der Waals surface area contributed by atoms with E-state index in [2.05, 4.69) is 43.4 Å². The second-order valence-corrected chi connectivity index (χ2v) is 6.76. The van der Waals surface area contributed by atoms with Crippen molar-refractivity contribution in [3.05, 3.63) is 35.4 Å². The molecule has 4 atom stereocenters. The number of hydrogen-bond donors (Lipinski definition) is 1. The molecule has 2 bridgehead atoms. The molecule has 1 N–H and O–H groups in total. The topological polar surface area (TPSA) is 38.3 Å². The number of fused-ring (bicyclic) bond motifs is 2. The summed E-state index contributed by atoms with van der Waals surface area (Å²) in [7, 11) is 1.50. The average Bonchev–Trinajstić information content (AvgIpc) is 2.88. The molecule has 2 aliphatic rings. The van der Waals surface area contributed by atoms with Crippen LogP contribution in [0, 0.1) is 5.92 Å². The van der Waals surface area contributed by atoms with Crippen molar-refractivity contribution in [3.63, 3.8) is 0 Å². The van der Waals surface area contributed by atoms with Crippen molar-refractivity contribution < 1.29 is 9.53 Å². The van der Waals surface area contributed by atoms with Crippen molar-refractivity contribution in [2.45, 2.75) is 57.0 Å². The Labute approximate surface area is 127 Å². The number of rotatable bonds is 3. The van der Waals surface area contributed by atoms with Crippen LogP contribution in [0.1, 0.15) is 56.1 Å². The SMILES string of the molecule is COC(=O)C1C(c2ccc(C(C)C)cc2)C[C@H]2CC[C@H]1N2. The summed E-state index contributed by atoms with van der Waals surface area (Å²) in [6, 6.07) is 9.68. The summed E-state index contributed by atoms with van der Waals surface area (Å²) in [6.07, 6.45) is 3.31. The Morgan fingerprint density at radius 3 is 2.57 bits per heavy atom. The molecule has 0 spiro atoms. The van der Waals surface area contributed by atoms with Gasteiger partial charge in [-0.15, -0.1) is 0 Å². The Morgan fingerprint density at radius 1 is 1.24 bits per heavy atom. The smallest absolute Gasteiger partial charge is 0.310 e. The molecule has 1 aromatic carbocycles. The molecule has 21 heavy (non-hydrogen) atoms. The highest BCUT2D eigenvalue weighted by Gasteiger charge is 2.46. The fourth-order valence-electron chi connectivity index (χ4n) is 3.99. The van der Waals surface area contributed by atoms with Gasteiger partial charge in [0.05, 0.1) is 13.0 Å². The van der Waals surface area contributed by atoms with Crippen LogP contribution in [0.3, 0.4) is 0 Å². The first-order valence-corrected chi connectivity index (χ1v) is 8.04. The van der Waals surface area contributed by atoms with Crippen LogP contribution >= 0.6 is 0 Å². The van der Waals surface area contributed by atoms with Crippen LogP contribution in [0.25, 0.3) is 0 Å². The third-order valence-electron chi connectivity index (χ3n) is 5.19. The number of methoxy groups -OCH3 is 1. The van der Waals surface area contributed by atoms with Crippen LogP contribution in [-0.2, 0) is 9.53 Å². The van der Waals surface area contributed by atoms with Gasteiger partial charge in [-0.1, -0.05) is 38.1 Å². The molecular weight excluding hydrogens is 262 g/mol. The van der Waals surface area contributed by atoms with E-state index >= 15 is 0 Å². The molecule has 3 heteroatoms. The van der Waals surface area contributed by atoms with Gasteiger partial charge in [0, 0.05) is 18.0 Å². The van der Waals surface area contributed by atoms with Gasteiger partial charge in [0.25, 0.3) is 0 Å². The minimum atomic E-state index is -0.0641. The van der Waals surface area contributed by atoms with Gasteiger partial charge in [0.15, 0.2) is 0 Å². The van der Waals surface area contributed by atoms with Crippen molar-refractivity contribution in [1.82, 2.24) is 5.32 Å². The van der Waals surface area contributed by atoms with Crippen molar-refractivity contribution in [1.29, 1.82) is 0 Å². The molecule has 2 unspecified atom stereocenters. The van der Waals surface area contributed by atoms with Crippen LogP contribution in [0.15, 0.2) is 24.3 Å².